The fraction of sp³-hybridized carbons (Fsp3) is 0.235. The molecule has 98 valence electrons. The molecule has 2 N–H and O–H groups in total. The van der Waals surface area contributed by atoms with E-state index in [-0.39, 0.29) is 0 Å². The molecule has 0 amide bonds. The summed E-state index contributed by atoms with van der Waals surface area (Å²) < 4.78 is 0. The molecule has 0 fully saturated rings. The lowest BCUT2D eigenvalue weighted by atomic mass is 10.1. The zero-order valence-corrected chi connectivity index (χ0v) is 12.0. The van der Waals surface area contributed by atoms with Gasteiger partial charge >= 0.3 is 0 Å². The number of rotatable bonds is 3. The van der Waals surface area contributed by atoms with Crippen molar-refractivity contribution in [2.75, 3.05) is 5.32 Å². The van der Waals surface area contributed by atoms with Crippen LogP contribution in [0.3, 0.4) is 0 Å². The Morgan fingerprint density at radius 2 is 1.47 bits per heavy atom. The Kier molecular flexibility index (Phi) is 4.00. The van der Waals surface area contributed by atoms with Gasteiger partial charge in [-0.2, -0.15) is 0 Å². The van der Waals surface area contributed by atoms with Gasteiger partial charge in [0.2, 0.25) is 6.34 Å². The van der Waals surface area contributed by atoms with Gasteiger partial charge in [0.05, 0.1) is 0 Å². The number of hydrogen-bond acceptors (Lipinski definition) is 0. The molecule has 0 aromatic heterocycles. The van der Waals surface area contributed by atoms with Crippen molar-refractivity contribution in [2.24, 2.45) is 0 Å². The Balaban J connectivity index is 2.11. The zero-order chi connectivity index (χ0) is 13.8. The van der Waals surface area contributed by atoms with E-state index in [1.54, 1.807) is 0 Å². The first-order valence-corrected chi connectivity index (χ1v) is 6.55. The lowest BCUT2D eigenvalue weighted by Crippen LogP contribution is -2.63. The third-order valence-corrected chi connectivity index (χ3v) is 3.22. The monoisotopic (exact) mass is 253 g/mol. The van der Waals surface area contributed by atoms with E-state index in [0.717, 1.165) is 11.4 Å². The maximum absolute atomic E-state index is 3.29. The molecule has 2 aromatic carbocycles. The molecule has 0 aliphatic rings. The van der Waals surface area contributed by atoms with E-state index in [4.69, 9.17) is 0 Å². The first-order valence-electron chi connectivity index (χ1n) is 6.55. The lowest BCUT2D eigenvalue weighted by molar-refractivity contribution is -0.348. The Morgan fingerprint density at radius 3 is 2.11 bits per heavy atom. The second-order valence-electron chi connectivity index (χ2n) is 5.07. The molecule has 2 nitrogen and oxygen atoms in total. The summed E-state index contributed by atoms with van der Waals surface area (Å²) in [5, 5.41) is 3.29. The highest BCUT2D eigenvalue weighted by molar-refractivity contribution is 5.74. The summed E-state index contributed by atoms with van der Waals surface area (Å²) in [5.74, 6) is 0. The summed E-state index contributed by atoms with van der Waals surface area (Å²) in [4.78, 5) is 3.29. The van der Waals surface area contributed by atoms with E-state index < -0.39 is 0 Å². The Labute approximate surface area is 115 Å². The minimum absolute atomic E-state index is 1.13. The minimum atomic E-state index is 1.13. The van der Waals surface area contributed by atoms with E-state index in [1.165, 1.54) is 22.3 Å². The normalized spacial score (nSPS) is 10.9. The fourth-order valence-electron chi connectivity index (χ4n) is 2.14. The van der Waals surface area contributed by atoms with Crippen LogP contribution in [0.1, 0.15) is 22.3 Å². The third-order valence-electron chi connectivity index (χ3n) is 3.22. The van der Waals surface area contributed by atoms with Crippen LogP contribution in [0.2, 0.25) is 0 Å². The zero-order valence-electron chi connectivity index (χ0n) is 12.0. The van der Waals surface area contributed by atoms with Crippen molar-refractivity contribution in [2.45, 2.75) is 27.7 Å². The van der Waals surface area contributed by atoms with E-state index in [0.29, 0.717) is 0 Å². The van der Waals surface area contributed by atoms with E-state index in [1.807, 2.05) is 6.34 Å². The van der Waals surface area contributed by atoms with Gasteiger partial charge in [-0.3, -0.25) is 0 Å². The van der Waals surface area contributed by atoms with Crippen molar-refractivity contribution in [1.82, 2.24) is 0 Å². The van der Waals surface area contributed by atoms with Crippen molar-refractivity contribution < 1.29 is 4.99 Å². The SMILES string of the molecule is Cc1ccc(NC=[NH+]c2ccc(C)cc2C)c(C)c1. The van der Waals surface area contributed by atoms with Crippen LogP contribution >= 0.6 is 0 Å². The van der Waals surface area contributed by atoms with Crippen LogP contribution in [0.4, 0.5) is 11.4 Å². The van der Waals surface area contributed by atoms with Crippen LogP contribution in [0.25, 0.3) is 0 Å². The summed E-state index contributed by atoms with van der Waals surface area (Å²) in [6.07, 6.45) is 1.88. The summed E-state index contributed by atoms with van der Waals surface area (Å²) >= 11 is 0. The average Bonchev–Trinajstić information content (AvgIpc) is 2.34. The van der Waals surface area contributed by atoms with Crippen LogP contribution in [0, 0.1) is 27.7 Å². The van der Waals surface area contributed by atoms with E-state index in [9.17, 15) is 0 Å². The molecular weight excluding hydrogens is 232 g/mol. The molecule has 0 saturated carbocycles. The highest BCUT2D eigenvalue weighted by Crippen LogP contribution is 2.14. The molecule has 0 atom stereocenters. The van der Waals surface area contributed by atoms with Crippen molar-refractivity contribution in [1.29, 1.82) is 0 Å². The first-order chi connectivity index (χ1) is 9.06. The minimum Gasteiger partial charge on any atom is -0.247 e. The van der Waals surface area contributed by atoms with Gasteiger partial charge < -0.3 is 0 Å². The molecule has 2 heteroatoms. The van der Waals surface area contributed by atoms with Gasteiger partial charge in [-0.15, -0.1) is 0 Å². The Bertz CT molecular complexity index is 613. The van der Waals surface area contributed by atoms with Gasteiger partial charge in [-0.1, -0.05) is 35.4 Å². The van der Waals surface area contributed by atoms with Gasteiger partial charge in [0.15, 0.2) is 0 Å². The number of hydrogen-bond donors (Lipinski definition) is 2. The quantitative estimate of drug-likeness (QED) is 0.638. The van der Waals surface area contributed by atoms with Gasteiger partial charge in [0.25, 0.3) is 0 Å². The predicted octanol–water partition coefficient (Wildman–Crippen LogP) is 2.77. The van der Waals surface area contributed by atoms with Crippen LogP contribution in [0.15, 0.2) is 36.4 Å². The maximum Gasteiger partial charge on any atom is 0.240 e. The number of aryl methyl sites for hydroxylation is 4. The third kappa shape index (κ3) is 3.44. The van der Waals surface area contributed by atoms with Crippen molar-refractivity contribution in [3.63, 3.8) is 0 Å². The van der Waals surface area contributed by atoms with Gasteiger partial charge in [0.1, 0.15) is 11.4 Å². The Hall–Kier alpha value is -2.09. The van der Waals surface area contributed by atoms with Gasteiger partial charge in [-0.05, 0) is 51.0 Å². The van der Waals surface area contributed by atoms with Gasteiger partial charge in [0, 0.05) is 0 Å². The van der Waals surface area contributed by atoms with Crippen molar-refractivity contribution in [3.05, 3.63) is 58.7 Å². The summed E-state index contributed by atoms with van der Waals surface area (Å²) in [7, 11) is 0. The molecular formula is C17H21N2+. The van der Waals surface area contributed by atoms with Crippen molar-refractivity contribution >= 4 is 17.7 Å². The van der Waals surface area contributed by atoms with Gasteiger partial charge in [-0.25, -0.2) is 10.3 Å². The Morgan fingerprint density at radius 1 is 0.842 bits per heavy atom. The molecule has 0 aliphatic carbocycles. The molecule has 0 unspecified atom stereocenters. The molecule has 2 rings (SSSR count). The van der Waals surface area contributed by atoms with E-state index in [2.05, 4.69) is 74.4 Å². The first kappa shape index (κ1) is 13.3. The predicted molar refractivity (Wildman–Crippen MR) is 82.1 cm³/mol. The molecule has 0 aliphatic heterocycles. The maximum atomic E-state index is 3.29. The summed E-state index contributed by atoms with van der Waals surface area (Å²) in [6.45, 7) is 8.43. The summed E-state index contributed by atoms with van der Waals surface area (Å²) in [6, 6.07) is 12.8. The van der Waals surface area contributed by atoms with Crippen LogP contribution in [-0.4, -0.2) is 6.34 Å². The smallest absolute Gasteiger partial charge is 0.240 e. The lowest BCUT2D eigenvalue weighted by Gasteiger charge is -2.02. The van der Waals surface area contributed by atoms with Crippen LogP contribution < -0.4 is 10.3 Å². The topological polar surface area (TPSA) is 26.0 Å². The number of nitrogens with one attached hydrogen (secondary N) is 2. The molecule has 0 bridgehead atoms. The fourth-order valence-corrected chi connectivity index (χ4v) is 2.14. The standard InChI is InChI=1S/C17H20N2/c1-12-5-7-16(14(3)9-12)18-11-19-17-8-6-13(2)10-15(17)4/h5-11H,1-4H3,(H,18,19)/p+1. The second kappa shape index (κ2) is 5.70. The molecule has 2 aromatic rings. The van der Waals surface area contributed by atoms with E-state index >= 15 is 0 Å². The molecule has 0 saturated heterocycles. The van der Waals surface area contributed by atoms with Crippen LogP contribution in [0.5, 0.6) is 0 Å². The van der Waals surface area contributed by atoms with Crippen LogP contribution in [-0.2, 0) is 0 Å². The van der Waals surface area contributed by atoms with Crippen molar-refractivity contribution in [3.8, 4) is 0 Å². The highest BCUT2D eigenvalue weighted by Gasteiger charge is 2.01. The number of benzene rings is 2. The largest absolute Gasteiger partial charge is 0.247 e. The molecule has 19 heavy (non-hydrogen) atoms. The number of anilines is 1. The highest BCUT2D eigenvalue weighted by atomic mass is 14.9. The summed E-state index contributed by atoms with van der Waals surface area (Å²) in [5.41, 5.74) is 7.32. The average molecular weight is 253 g/mol. The second-order valence-corrected chi connectivity index (χ2v) is 5.07. The molecule has 0 heterocycles. The molecule has 0 radical (unpaired) electrons. The molecule has 0 spiro atoms.